The van der Waals surface area contributed by atoms with E-state index < -0.39 is 14.6 Å². The zero-order valence-corrected chi connectivity index (χ0v) is 7.80. The van der Waals surface area contributed by atoms with Crippen LogP contribution in [-0.4, -0.2) is 30.5 Å². The third-order valence-electron chi connectivity index (χ3n) is 2.45. The maximum Gasteiger partial charge on any atom is 0.160 e. The highest BCUT2D eigenvalue weighted by Crippen LogP contribution is 2.49. The van der Waals surface area contributed by atoms with Crippen molar-refractivity contribution in [2.45, 2.75) is 18.1 Å². The van der Waals surface area contributed by atoms with Gasteiger partial charge in [-0.3, -0.25) is 0 Å². The Balaban J connectivity index is 3.13. The molecular formula is C6H12N2O3S. The van der Waals surface area contributed by atoms with Gasteiger partial charge in [0.05, 0.1) is 0 Å². The van der Waals surface area contributed by atoms with Crippen LogP contribution in [0, 0.1) is 5.92 Å². The summed E-state index contributed by atoms with van der Waals surface area (Å²) < 4.78 is 21.4. The fourth-order valence-electron chi connectivity index (χ4n) is 1.54. The average molecular weight is 192 g/mol. The Bertz CT molecular complexity index is 322. The van der Waals surface area contributed by atoms with Gasteiger partial charge in [-0.05, 0) is 12.3 Å². The second-order valence-corrected chi connectivity index (χ2v) is 5.52. The summed E-state index contributed by atoms with van der Waals surface area (Å²) in [4.78, 5) is 0. The summed E-state index contributed by atoms with van der Waals surface area (Å²) >= 11 is 0. The lowest BCUT2D eigenvalue weighted by molar-refractivity contribution is 0.316. The molecular weight excluding hydrogens is 180 g/mol. The van der Waals surface area contributed by atoms with Crippen molar-refractivity contribution in [3.8, 4) is 0 Å². The summed E-state index contributed by atoms with van der Waals surface area (Å²) in [6.45, 7) is 1.76. The highest BCUT2D eigenvalue weighted by atomic mass is 32.2. The van der Waals surface area contributed by atoms with Crippen LogP contribution in [-0.2, 0) is 9.84 Å². The molecule has 0 bridgehead atoms. The molecule has 2 unspecified atom stereocenters. The molecule has 1 saturated carbocycles. The molecule has 1 aliphatic carbocycles. The van der Waals surface area contributed by atoms with E-state index in [-0.39, 0.29) is 11.8 Å². The van der Waals surface area contributed by atoms with Crippen molar-refractivity contribution >= 4 is 15.7 Å². The van der Waals surface area contributed by atoms with Crippen LogP contribution in [0.25, 0.3) is 0 Å². The second kappa shape index (κ2) is 2.35. The number of amidine groups is 1. The predicted molar refractivity (Wildman–Crippen MR) is 44.8 cm³/mol. The molecule has 0 saturated heterocycles. The number of oxime groups is 1. The Morgan fingerprint density at radius 2 is 2.17 bits per heavy atom. The monoisotopic (exact) mass is 192 g/mol. The van der Waals surface area contributed by atoms with E-state index in [2.05, 4.69) is 5.16 Å². The van der Waals surface area contributed by atoms with Gasteiger partial charge < -0.3 is 10.9 Å². The van der Waals surface area contributed by atoms with Crippen LogP contribution in [0.4, 0.5) is 0 Å². The first kappa shape index (κ1) is 9.31. The minimum absolute atomic E-state index is 0.0524. The van der Waals surface area contributed by atoms with Gasteiger partial charge in [0.15, 0.2) is 15.7 Å². The van der Waals surface area contributed by atoms with Crippen LogP contribution in [0.1, 0.15) is 13.3 Å². The van der Waals surface area contributed by atoms with Crippen molar-refractivity contribution in [1.29, 1.82) is 0 Å². The molecule has 2 atom stereocenters. The van der Waals surface area contributed by atoms with Gasteiger partial charge in [0.1, 0.15) is 4.75 Å². The first-order chi connectivity index (χ1) is 5.36. The Labute approximate surface area is 71.2 Å². The zero-order chi connectivity index (χ0) is 9.57. The minimum atomic E-state index is -3.27. The molecule has 0 aromatic heterocycles. The number of sulfone groups is 1. The molecule has 12 heavy (non-hydrogen) atoms. The van der Waals surface area contributed by atoms with Gasteiger partial charge in [-0.15, -0.1) is 0 Å². The van der Waals surface area contributed by atoms with Crippen LogP contribution < -0.4 is 5.73 Å². The van der Waals surface area contributed by atoms with E-state index in [1.807, 2.05) is 0 Å². The molecule has 1 aliphatic rings. The fraction of sp³-hybridized carbons (Fsp3) is 0.833. The molecule has 0 spiro atoms. The Hall–Kier alpha value is -0.780. The standard InChI is InChI=1S/C6H12N2O3S/c1-4-3-6(4,5(7)8-9)12(2,10)11/h4,9H,3H2,1-2H3,(H2,7,8). The van der Waals surface area contributed by atoms with Crippen LogP contribution in [0.5, 0.6) is 0 Å². The summed E-state index contributed by atoms with van der Waals surface area (Å²) in [7, 11) is -3.27. The second-order valence-electron chi connectivity index (χ2n) is 3.25. The van der Waals surface area contributed by atoms with E-state index in [4.69, 9.17) is 10.9 Å². The molecule has 0 aromatic carbocycles. The Kier molecular flexibility index (Phi) is 1.82. The largest absolute Gasteiger partial charge is 0.409 e. The number of hydrogen-bond donors (Lipinski definition) is 2. The molecule has 0 amide bonds. The molecule has 3 N–H and O–H groups in total. The molecule has 0 aromatic rings. The SMILES string of the molecule is CC1CC1(/C(N)=N/O)S(C)(=O)=O. The van der Waals surface area contributed by atoms with Gasteiger partial charge in [0.2, 0.25) is 0 Å². The molecule has 0 aliphatic heterocycles. The molecule has 70 valence electrons. The molecule has 5 nitrogen and oxygen atoms in total. The summed E-state index contributed by atoms with van der Waals surface area (Å²) in [6, 6.07) is 0. The fourth-order valence-corrected chi connectivity index (χ4v) is 3.25. The van der Waals surface area contributed by atoms with E-state index in [1.165, 1.54) is 0 Å². The van der Waals surface area contributed by atoms with Gasteiger partial charge in [0.25, 0.3) is 0 Å². The number of nitrogens with two attached hydrogens (primary N) is 1. The van der Waals surface area contributed by atoms with E-state index in [1.54, 1.807) is 6.92 Å². The van der Waals surface area contributed by atoms with E-state index in [0.29, 0.717) is 6.42 Å². The lowest BCUT2D eigenvalue weighted by atomic mass is 10.3. The maximum atomic E-state index is 11.3. The van der Waals surface area contributed by atoms with Crippen molar-refractivity contribution in [1.82, 2.24) is 0 Å². The quantitative estimate of drug-likeness (QED) is 0.268. The van der Waals surface area contributed by atoms with E-state index in [0.717, 1.165) is 6.26 Å². The number of rotatable bonds is 2. The van der Waals surface area contributed by atoms with Gasteiger partial charge in [-0.2, -0.15) is 0 Å². The van der Waals surface area contributed by atoms with Crippen LogP contribution in [0.3, 0.4) is 0 Å². The Morgan fingerprint density at radius 3 is 2.25 bits per heavy atom. The third kappa shape index (κ3) is 0.979. The normalized spacial score (nSPS) is 36.5. The molecule has 0 radical (unpaired) electrons. The topological polar surface area (TPSA) is 92.8 Å². The Morgan fingerprint density at radius 1 is 1.75 bits per heavy atom. The summed E-state index contributed by atoms with van der Waals surface area (Å²) in [5, 5.41) is 11.1. The van der Waals surface area contributed by atoms with Crippen molar-refractivity contribution < 1.29 is 13.6 Å². The first-order valence-electron chi connectivity index (χ1n) is 3.54. The molecule has 0 heterocycles. The minimum Gasteiger partial charge on any atom is -0.409 e. The van der Waals surface area contributed by atoms with Gasteiger partial charge >= 0.3 is 0 Å². The first-order valence-corrected chi connectivity index (χ1v) is 5.43. The predicted octanol–water partition coefficient (Wildman–Crippen LogP) is -0.444. The smallest absolute Gasteiger partial charge is 0.160 e. The van der Waals surface area contributed by atoms with E-state index in [9.17, 15) is 8.42 Å². The van der Waals surface area contributed by atoms with Crippen LogP contribution in [0.15, 0.2) is 5.16 Å². The summed E-state index contributed by atoms with van der Waals surface area (Å²) in [5.74, 6) is -0.249. The van der Waals surface area contributed by atoms with Gasteiger partial charge in [0, 0.05) is 6.26 Å². The van der Waals surface area contributed by atoms with E-state index >= 15 is 0 Å². The maximum absolute atomic E-state index is 11.3. The lowest BCUT2D eigenvalue weighted by Crippen LogP contribution is -2.39. The molecule has 1 rings (SSSR count). The van der Waals surface area contributed by atoms with Crippen LogP contribution >= 0.6 is 0 Å². The third-order valence-corrected chi connectivity index (χ3v) is 4.55. The zero-order valence-electron chi connectivity index (χ0n) is 6.98. The van der Waals surface area contributed by atoms with Crippen molar-refractivity contribution in [3.63, 3.8) is 0 Å². The van der Waals surface area contributed by atoms with Crippen LogP contribution in [0.2, 0.25) is 0 Å². The number of nitrogens with zero attached hydrogens (tertiary/aromatic N) is 1. The van der Waals surface area contributed by atoms with Crippen molar-refractivity contribution in [2.24, 2.45) is 16.8 Å². The summed E-state index contributed by atoms with van der Waals surface area (Å²) in [5.41, 5.74) is 5.31. The van der Waals surface area contributed by atoms with Gasteiger partial charge in [-0.25, -0.2) is 8.42 Å². The van der Waals surface area contributed by atoms with Crippen molar-refractivity contribution in [2.75, 3.05) is 6.26 Å². The van der Waals surface area contributed by atoms with Crippen molar-refractivity contribution in [3.05, 3.63) is 0 Å². The summed E-state index contributed by atoms with van der Waals surface area (Å²) in [6.07, 6.45) is 1.55. The molecule has 1 fully saturated rings. The highest BCUT2D eigenvalue weighted by molar-refractivity contribution is 7.93. The highest BCUT2D eigenvalue weighted by Gasteiger charge is 2.63. The molecule has 6 heteroatoms. The van der Waals surface area contributed by atoms with Gasteiger partial charge in [-0.1, -0.05) is 12.1 Å². The average Bonchev–Trinajstić information content (AvgIpc) is 2.60. The number of hydrogen-bond acceptors (Lipinski definition) is 4. The lowest BCUT2D eigenvalue weighted by Gasteiger charge is -2.11.